The van der Waals surface area contributed by atoms with E-state index >= 15 is 0 Å². The van der Waals surface area contributed by atoms with E-state index in [9.17, 15) is 27.2 Å². The molecule has 0 rings (SSSR count). The van der Waals surface area contributed by atoms with E-state index in [1.807, 2.05) is 0 Å². The SMILES string of the molecule is CCOC(=O)CCCNC(=O)C(F)(F)C(F)F. The first-order valence-corrected chi connectivity index (χ1v) is 4.92. The van der Waals surface area contributed by atoms with Gasteiger partial charge in [-0.2, -0.15) is 8.78 Å². The number of halogens is 4. The van der Waals surface area contributed by atoms with E-state index in [1.54, 1.807) is 12.2 Å². The summed E-state index contributed by atoms with van der Waals surface area (Å²) in [5.74, 6) is -7.29. The van der Waals surface area contributed by atoms with Gasteiger partial charge in [0.15, 0.2) is 0 Å². The summed E-state index contributed by atoms with van der Waals surface area (Å²) in [6.07, 6.45) is -4.08. The maximum atomic E-state index is 12.4. The third-order valence-corrected chi connectivity index (χ3v) is 1.73. The molecule has 0 aliphatic heterocycles. The molecule has 0 aliphatic carbocycles. The Hall–Kier alpha value is -1.34. The maximum absolute atomic E-state index is 12.4. The zero-order valence-electron chi connectivity index (χ0n) is 9.14. The summed E-state index contributed by atoms with van der Waals surface area (Å²) in [5.41, 5.74) is 0. The van der Waals surface area contributed by atoms with Gasteiger partial charge in [0, 0.05) is 13.0 Å². The number of carbonyl (C=O) groups excluding carboxylic acids is 2. The Morgan fingerprint density at radius 3 is 2.41 bits per heavy atom. The van der Waals surface area contributed by atoms with Crippen molar-refractivity contribution in [2.24, 2.45) is 0 Å². The number of hydrogen-bond donors (Lipinski definition) is 1. The van der Waals surface area contributed by atoms with Crippen molar-refractivity contribution in [3.05, 3.63) is 0 Å². The Morgan fingerprint density at radius 2 is 1.94 bits per heavy atom. The van der Waals surface area contributed by atoms with E-state index in [0.29, 0.717) is 0 Å². The lowest BCUT2D eigenvalue weighted by molar-refractivity contribution is -0.169. The van der Waals surface area contributed by atoms with Crippen LogP contribution in [-0.2, 0) is 14.3 Å². The molecule has 4 nitrogen and oxygen atoms in total. The van der Waals surface area contributed by atoms with Crippen molar-refractivity contribution in [3.8, 4) is 0 Å². The molecule has 17 heavy (non-hydrogen) atoms. The van der Waals surface area contributed by atoms with Crippen LogP contribution in [0.25, 0.3) is 0 Å². The highest BCUT2D eigenvalue weighted by Crippen LogP contribution is 2.22. The minimum atomic E-state index is -4.70. The molecule has 0 saturated carbocycles. The first-order chi connectivity index (χ1) is 7.82. The molecule has 1 amide bonds. The van der Waals surface area contributed by atoms with Gasteiger partial charge >= 0.3 is 18.3 Å². The molecule has 0 fully saturated rings. The highest BCUT2D eigenvalue weighted by molar-refractivity contribution is 5.83. The van der Waals surface area contributed by atoms with E-state index in [1.165, 1.54) is 0 Å². The summed E-state index contributed by atoms with van der Waals surface area (Å²) in [6.45, 7) is 1.50. The second-order valence-corrected chi connectivity index (χ2v) is 3.09. The highest BCUT2D eigenvalue weighted by atomic mass is 19.3. The summed E-state index contributed by atoms with van der Waals surface area (Å²) in [5, 5.41) is 1.63. The van der Waals surface area contributed by atoms with Gasteiger partial charge in [-0.05, 0) is 13.3 Å². The van der Waals surface area contributed by atoms with Crippen molar-refractivity contribution in [2.75, 3.05) is 13.2 Å². The van der Waals surface area contributed by atoms with Crippen LogP contribution in [0.4, 0.5) is 17.6 Å². The van der Waals surface area contributed by atoms with E-state index in [2.05, 4.69) is 4.74 Å². The van der Waals surface area contributed by atoms with Crippen molar-refractivity contribution >= 4 is 11.9 Å². The summed E-state index contributed by atoms with van der Waals surface area (Å²) >= 11 is 0. The third kappa shape index (κ3) is 5.50. The number of hydrogen-bond acceptors (Lipinski definition) is 3. The van der Waals surface area contributed by atoms with Gasteiger partial charge in [-0.15, -0.1) is 0 Å². The van der Waals surface area contributed by atoms with Gasteiger partial charge in [0.25, 0.3) is 5.91 Å². The van der Waals surface area contributed by atoms with E-state index < -0.39 is 24.2 Å². The third-order valence-electron chi connectivity index (χ3n) is 1.73. The molecular formula is C9H13F4NO3. The zero-order valence-corrected chi connectivity index (χ0v) is 9.14. The van der Waals surface area contributed by atoms with Crippen LogP contribution in [0.1, 0.15) is 19.8 Å². The molecule has 0 aromatic rings. The Morgan fingerprint density at radius 1 is 1.35 bits per heavy atom. The lowest BCUT2D eigenvalue weighted by Crippen LogP contribution is -2.45. The number of rotatable bonds is 7. The topological polar surface area (TPSA) is 55.4 Å². The second-order valence-electron chi connectivity index (χ2n) is 3.09. The van der Waals surface area contributed by atoms with Crippen LogP contribution >= 0.6 is 0 Å². The van der Waals surface area contributed by atoms with Crippen LogP contribution in [0.5, 0.6) is 0 Å². The molecule has 8 heteroatoms. The minimum absolute atomic E-state index is 0.0455. The maximum Gasteiger partial charge on any atom is 0.383 e. The number of nitrogens with one attached hydrogen (secondary N) is 1. The van der Waals surface area contributed by atoms with Gasteiger partial charge in [-0.1, -0.05) is 0 Å². The molecule has 100 valence electrons. The molecule has 1 N–H and O–H groups in total. The van der Waals surface area contributed by atoms with Crippen LogP contribution in [0.15, 0.2) is 0 Å². The fourth-order valence-electron chi connectivity index (χ4n) is 0.885. The van der Waals surface area contributed by atoms with Crippen molar-refractivity contribution in [1.82, 2.24) is 5.32 Å². The predicted octanol–water partition coefficient (Wildman–Crippen LogP) is 1.35. The average molecular weight is 259 g/mol. The van der Waals surface area contributed by atoms with Gasteiger partial charge in [0.2, 0.25) is 0 Å². The van der Waals surface area contributed by atoms with Crippen LogP contribution in [0.2, 0.25) is 0 Å². The van der Waals surface area contributed by atoms with Crippen LogP contribution in [0.3, 0.4) is 0 Å². The molecule has 0 aromatic heterocycles. The normalized spacial score (nSPS) is 11.4. The fourth-order valence-corrected chi connectivity index (χ4v) is 0.885. The van der Waals surface area contributed by atoms with E-state index in [-0.39, 0.29) is 26.0 Å². The molecule has 0 radical (unpaired) electrons. The Bertz CT molecular complexity index is 271. The van der Waals surface area contributed by atoms with E-state index in [4.69, 9.17) is 0 Å². The molecule has 0 aromatic carbocycles. The quantitative estimate of drug-likeness (QED) is 0.426. The summed E-state index contributed by atoms with van der Waals surface area (Å²) in [7, 11) is 0. The van der Waals surface area contributed by atoms with Crippen molar-refractivity contribution in [1.29, 1.82) is 0 Å². The summed E-state index contributed by atoms with van der Waals surface area (Å²) < 4.78 is 52.8. The Balaban J connectivity index is 3.83. The standard InChI is InChI=1S/C9H13F4NO3/c1-2-17-6(15)4-3-5-14-8(16)9(12,13)7(10)11/h7H,2-5H2,1H3,(H,14,16). The Kier molecular flexibility index (Phi) is 6.52. The number of ether oxygens (including phenoxy) is 1. The average Bonchev–Trinajstić information content (AvgIpc) is 2.24. The number of alkyl halides is 4. The van der Waals surface area contributed by atoms with Gasteiger partial charge < -0.3 is 10.1 Å². The van der Waals surface area contributed by atoms with Crippen molar-refractivity contribution < 1.29 is 31.9 Å². The number of esters is 1. The smallest absolute Gasteiger partial charge is 0.383 e. The van der Waals surface area contributed by atoms with Crippen molar-refractivity contribution in [3.63, 3.8) is 0 Å². The minimum Gasteiger partial charge on any atom is -0.466 e. The van der Waals surface area contributed by atoms with Crippen LogP contribution < -0.4 is 5.32 Å². The number of amides is 1. The van der Waals surface area contributed by atoms with Gasteiger partial charge in [-0.25, -0.2) is 8.78 Å². The largest absolute Gasteiger partial charge is 0.466 e. The first-order valence-electron chi connectivity index (χ1n) is 4.92. The fraction of sp³-hybridized carbons (Fsp3) is 0.778. The molecule has 0 saturated heterocycles. The molecule has 0 unspecified atom stereocenters. The Labute approximate surface area is 95.3 Å². The lowest BCUT2D eigenvalue weighted by Gasteiger charge is -2.14. The zero-order chi connectivity index (χ0) is 13.5. The summed E-state index contributed by atoms with van der Waals surface area (Å²) in [6, 6.07) is 0. The van der Waals surface area contributed by atoms with Crippen LogP contribution in [0, 0.1) is 0 Å². The van der Waals surface area contributed by atoms with Gasteiger partial charge in [0.05, 0.1) is 6.61 Å². The van der Waals surface area contributed by atoms with Crippen molar-refractivity contribution in [2.45, 2.75) is 32.1 Å². The highest BCUT2D eigenvalue weighted by Gasteiger charge is 2.48. The summed E-state index contributed by atoms with van der Waals surface area (Å²) in [4.78, 5) is 21.4. The molecule has 0 heterocycles. The monoisotopic (exact) mass is 259 g/mol. The van der Waals surface area contributed by atoms with E-state index in [0.717, 1.165) is 0 Å². The van der Waals surface area contributed by atoms with Crippen LogP contribution in [-0.4, -0.2) is 37.4 Å². The second kappa shape index (κ2) is 7.08. The molecule has 0 bridgehead atoms. The predicted molar refractivity (Wildman–Crippen MR) is 49.8 cm³/mol. The molecule has 0 spiro atoms. The van der Waals surface area contributed by atoms with Gasteiger partial charge in [0.1, 0.15) is 0 Å². The molecular weight excluding hydrogens is 246 g/mol. The lowest BCUT2D eigenvalue weighted by atomic mass is 10.3. The number of carbonyl (C=O) groups is 2. The molecule has 0 aliphatic rings. The molecule has 0 atom stereocenters. The first kappa shape index (κ1) is 15.7. The van der Waals surface area contributed by atoms with Gasteiger partial charge in [-0.3, -0.25) is 9.59 Å².